The summed E-state index contributed by atoms with van der Waals surface area (Å²) in [5, 5.41) is 23.6. The predicted octanol–water partition coefficient (Wildman–Crippen LogP) is 2.53. The molecule has 0 atom stereocenters. The van der Waals surface area contributed by atoms with E-state index in [1.165, 1.54) is 37.4 Å². The quantitative estimate of drug-likeness (QED) is 0.378. The molecule has 2 rings (SSSR count). The second-order valence-electron chi connectivity index (χ2n) is 4.48. The predicted molar refractivity (Wildman–Crippen MR) is 104 cm³/mol. The lowest BCUT2D eigenvalue weighted by atomic mass is 10.2. The van der Waals surface area contributed by atoms with E-state index in [4.69, 9.17) is 11.6 Å². The molecule has 0 aliphatic carbocycles. The molecule has 156 valence electrons. The molecular formula is C16H17ClN4O8. The minimum absolute atomic E-state index is 0.00301. The zero-order valence-electron chi connectivity index (χ0n) is 15.2. The molecule has 13 heteroatoms. The molecule has 0 aromatic heterocycles. The fourth-order valence-electron chi connectivity index (χ4n) is 1.76. The van der Waals surface area contributed by atoms with Crippen molar-refractivity contribution >= 4 is 41.6 Å². The van der Waals surface area contributed by atoms with E-state index < -0.39 is 9.85 Å². The first kappa shape index (κ1) is 25.2. The molecule has 0 saturated heterocycles. The zero-order valence-corrected chi connectivity index (χ0v) is 16.0. The second-order valence-corrected chi connectivity index (χ2v) is 4.89. The number of benzene rings is 2. The van der Waals surface area contributed by atoms with Crippen molar-refractivity contribution in [3.63, 3.8) is 0 Å². The smallest absolute Gasteiger partial charge is 0.298 e. The van der Waals surface area contributed by atoms with Crippen molar-refractivity contribution in [3.05, 3.63) is 61.6 Å². The second kappa shape index (κ2) is 13.4. The normalized spacial score (nSPS) is 8.83. The van der Waals surface area contributed by atoms with Crippen LogP contribution in [0, 0.1) is 20.2 Å². The van der Waals surface area contributed by atoms with Gasteiger partial charge in [0.1, 0.15) is 22.2 Å². The minimum atomic E-state index is -0.653. The number of nitro benzene ring substituents is 2. The number of nitrogens with one attached hydrogen (secondary N) is 1. The molecule has 3 N–H and O–H groups in total. The third-order valence-corrected chi connectivity index (χ3v) is 3.24. The molecular weight excluding hydrogens is 412 g/mol. The van der Waals surface area contributed by atoms with Crippen LogP contribution in [0.1, 0.15) is 0 Å². The summed E-state index contributed by atoms with van der Waals surface area (Å²) >= 11 is 5.51. The first-order valence-electron chi connectivity index (χ1n) is 7.52. The molecule has 12 nitrogen and oxygen atoms in total. The van der Waals surface area contributed by atoms with Crippen molar-refractivity contribution < 1.29 is 28.9 Å². The lowest BCUT2D eigenvalue weighted by molar-refractivity contribution is -0.384. The average molecular weight is 429 g/mol. The number of rotatable bonds is 7. The summed E-state index contributed by atoms with van der Waals surface area (Å²) in [4.78, 5) is 39.6. The molecule has 0 radical (unpaired) electrons. The Kier molecular flexibility index (Phi) is 11.7. The highest BCUT2D eigenvalue weighted by Gasteiger charge is 2.14. The Morgan fingerprint density at radius 2 is 1.38 bits per heavy atom. The summed E-state index contributed by atoms with van der Waals surface area (Å²) in [6.07, 6.45) is 0. The van der Waals surface area contributed by atoms with Crippen molar-refractivity contribution in [3.8, 4) is 11.5 Å². The monoisotopic (exact) mass is 428 g/mol. The Balaban J connectivity index is 0.000000499. The number of ether oxygens (including phenoxy) is 2. The molecule has 2 aromatic rings. The number of nitrogens with zero attached hydrogens (tertiary/aromatic N) is 2. The number of nitro groups is 2. The van der Waals surface area contributed by atoms with Crippen LogP contribution in [-0.2, 0) is 9.59 Å². The van der Waals surface area contributed by atoms with Crippen LogP contribution in [0.2, 0.25) is 5.02 Å². The van der Waals surface area contributed by atoms with Gasteiger partial charge in [-0.2, -0.15) is 0 Å². The molecule has 29 heavy (non-hydrogen) atoms. The molecule has 0 spiro atoms. The van der Waals surface area contributed by atoms with Crippen molar-refractivity contribution in [2.24, 2.45) is 5.73 Å². The summed E-state index contributed by atoms with van der Waals surface area (Å²) in [5.41, 5.74) is 4.45. The van der Waals surface area contributed by atoms with Crippen molar-refractivity contribution in [2.75, 3.05) is 19.4 Å². The zero-order chi connectivity index (χ0) is 22.4. The van der Waals surface area contributed by atoms with E-state index in [9.17, 15) is 29.8 Å². The van der Waals surface area contributed by atoms with Crippen LogP contribution in [-0.4, -0.2) is 36.9 Å². The largest absolute Gasteiger partial charge is 0.428 e. The van der Waals surface area contributed by atoms with Gasteiger partial charge in [0.05, 0.1) is 22.0 Å². The lowest BCUT2D eigenvalue weighted by Gasteiger charge is -2.03. The summed E-state index contributed by atoms with van der Waals surface area (Å²) in [7, 11) is 3.07. The fraction of sp³-hybridized carbons (Fsp3) is 0.125. The minimum Gasteiger partial charge on any atom is -0.428 e. The first-order chi connectivity index (χ1) is 13.8. The molecule has 2 aromatic carbocycles. The van der Waals surface area contributed by atoms with Crippen LogP contribution >= 0.6 is 11.6 Å². The molecule has 0 aliphatic rings. The summed E-state index contributed by atoms with van der Waals surface area (Å²) < 4.78 is 8.89. The molecule has 0 aliphatic heterocycles. The summed E-state index contributed by atoms with van der Waals surface area (Å²) in [6, 6.07) is 7.85. The van der Waals surface area contributed by atoms with Gasteiger partial charge in [0.2, 0.25) is 0 Å². The maximum absolute atomic E-state index is 10.6. The van der Waals surface area contributed by atoms with E-state index >= 15 is 0 Å². The van der Waals surface area contributed by atoms with E-state index in [2.05, 4.69) is 20.5 Å². The average Bonchev–Trinajstić information content (AvgIpc) is 2.71. The summed E-state index contributed by atoms with van der Waals surface area (Å²) in [6.45, 7) is 0.408. The van der Waals surface area contributed by atoms with Crippen LogP contribution in [0.3, 0.4) is 0 Å². The van der Waals surface area contributed by atoms with E-state index in [1.54, 1.807) is 7.05 Å². The topological polar surface area (TPSA) is 177 Å². The van der Waals surface area contributed by atoms with Crippen molar-refractivity contribution in [1.29, 1.82) is 0 Å². The first-order valence-corrected chi connectivity index (χ1v) is 7.90. The molecule has 0 heterocycles. The van der Waals surface area contributed by atoms with Crippen LogP contribution < -0.4 is 20.5 Å². The molecule has 0 unspecified atom stereocenters. The van der Waals surface area contributed by atoms with Gasteiger partial charge >= 0.3 is 0 Å². The van der Waals surface area contributed by atoms with Gasteiger partial charge in [-0.3, -0.25) is 29.8 Å². The number of halogens is 1. The Morgan fingerprint density at radius 3 is 1.79 bits per heavy atom. The van der Waals surface area contributed by atoms with Gasteiger partial charge in [0, 0.05) is 7.05 Å². The van der Waals surface area contributed by atoms with Crippen LogP contribution in [0.15, 0.2) is 36.4 Å². The van der Waals surface area contributed by atoms with Crippen LogP contribution in [0.5, 0.6) is 11.5 Å². The Morgan fingerprint density at radius 1 is 0.931 bits per heavy atom. The van der Waals surface area contributed by atoms with Crippen molar-refractivity contribution in [1.82, 2.24) is 0 Å². The van der Waals surface area contributed by atoms with Crippen LogP contribution in [0.4, 0.5) is 17.1 Å². The number of carbonyl (C=O) groups is 2. The van der Waals surface area contributed by atoms with Crippen LogP contribution in [0.25, 0.3) is 0 Å². The maximum Gasteiger partial charge on any atom is 0.298 e. The Hall–Kier alpha value is -3.77. The van der Waals surface area contributed by atoms with Crippen molar-refractivity contribution in [2.45, 2.75) is 0 Å². The van der Waals surface area contributed by atoms with Gasteiger partial charge in [-0.15, -0.1) is 0 Å². The molecule has 0 amide bonds. The number of hydrogen-bond donors (Lipinski definition) is 2. The van der Waals surface area contributed by atoms with Gasteiger partial charge in [-0.25, -0.2) is 0 Å². The summed E-state index contributed by atoms with van der Waals surface area (Å²) in [5.74, 6) is 0.233. The number of anilines is 1. The third-order valence-electron chi connectivity index (χ3n) is 2.92. The van der Waals surface area contributed by atoms with Gasteiger partial charge in [-0.1, -0.05) is 11.6 Å². The fourth-order valence-corrected chi connectivity index (χ4v) is 1.95. The van der Waals surface area contributed by atoms with E-state index in [0.717, 1.165) is 6.07 Å². The van der Waals surface area contributed by atoms with Gasteiger partial charge in [0.25, 0.3) is 24.3 Å². The number of nitrogens with two attached hydrogens (primary N) is 1. The Labute approximate surface area is 169 Å². The van der Waals surface area contributed by atoms with E-state index in [-0.39, 0.29) is 40.8 Å². The van der Waals surface area contributed by atoms with Gasteiger partial charge < -0.3 is 20.5 Å². The van der Waals surface area contributed by atoms with E-state index in [0.29, 0.717) is 5.69 Å². The standard InChI is InChI=1S/C8H8N2O4.C7H4ClNO4.CH5N/c1-9-7-3-2-6(14-5-11)4-8(7)10(12)13;8-6-2-1-5(13-4-10)3-7(6)9(11)12;1-2/h2-5,9H,1H3;1-4H;2H2,1H3. The highest BCUT2D eigenvalue weighted by atomic mass is 35.5. The highest BCUT2D eigenvalue weighted by molar-refractivity contribution is 6.32. The van der Waals surface area contributed by atoms with Gasteiger partial charge in [0.15, 0.2) is 0 Å². The van der Waals surface area contributed by atoms with E-state index in [1.807, 2.05) is 0 Å². The Bertz CT molecular complexity index is 863. The SMILES string of the molecule is CN.CNc1ccc(OC=O)cc1[N+](=O)[O-].O=COc1ccc(Cl)c([N+](=O)[O-])c1. The molecule has 0 saturated carbocycles. The molecule has 0 fully saturated rings. The lowest BCUT2D eigenvalue weighted by Crippen LogP contribution is -1.97. The van der Waals surface area contributed by atoms with Gasteiger partial charge in [-0.05, 0) is 31.3 Å². The number of hydrogen-bond acceptors (Lipinski definition) is 10. The third kappa shape index (κ3) is 8.19. The molecule has 0 bridgehead atoms. The number of carbonyl (C=O) groups excluding carboxylic acids is 2. The highest BCUT2D eigenvalue weighted by Crippen LogP contribution is 2.29. The maximum atomic E-state index is 10.6.